The van der Waals surface area contributed by atoms with Gasteiger partial charge in [-0.2, -0.15) is 4.31 Å². The largest absolute Gasteiger partial charge is 0.297 e. The van der Waals surface area contributed by atoms with Gasteiger partial charge in [-0.3, -0.25) is 4.90 Å². The Balaban J connectivity index is 1.61. The molecule has 4 nitrogen and oxygen atoms in total. The molecule has 5 heteroatoms. The number of nitrogens with zero attached hydrogens (tertiary/aromatic N) is 2. The minimum absolute atomic E-state index is 0.0458. The monoisotopic (exact) mass is 434 g/mol. The molecular formula is C26H30N2O2S. The van der Waals surface area contributed by atoms with Gasteiger partial charge in [0, 0.05) is 32.2 Å². The Morgan fingerprint density at radius 2 is 1.52 bits per heavy atom. The van der Waals surface area contributed by atoms with Crippen LogP contribution in [0.1, 0.15) is 28.7 Å². The van der Waals surface area contributed by atoms with Gasteiger partial charge >= 0.3 is 0 Å². The van der Waals surface area contributed by atoms with E-state index in [1.54, 1.807) is 16.4 Å². The normalized spacial score (nSPS) is 17.3. The number of aryl methyl sites for hydroxylation is 2. The number of sulfonamides is 1. The Morgan fingerprint density at radius 3 is 2.16 bits per heavy atom. The van der Waals surface area contributed by atoms with Gasteiger partial charge in [-0.05, 0) is 54.7 Å². The van der Waals surface area contributed by atoms with E-state index in [-0.39, 0.29) is 6.04 Å². The van der Waals surface area contributed by atoms with Gasteiger partial charge in [-0.15, -0.1) is 0 Å². The van der Waals surface area contributed by atoms with E-state index in [1.165, 1.54) is 5.56 Å². The fraction of sp³-hybridized carbons (Fsp3) is 0.308. The maximum absolute atomic E-state index is 13.8. The molecule has 31 heavy (non-hydrogen) atoms. The lowest BCUT2D eigenvalue weighted by Gasteiger charge is -2.29. The number of rotatable bonds is 7. The molecule has 1 saturated heterocycles. The lowest BCUT2D eigenvalue weighted by molar-refractivity contribution is 0.276. The highest BCUT2D eigenvalue weighted by molar-refractivity contribution is 7.89. The minimum Gasteiger partial charge on any atom is -0.297 e. The van der Waals surface area contributed by atoms with Crippen molar-refractivity contribution in [3.05, 3.63) is 101 Å². The Labute approximate surface area is 186 Å². The summed E-state index contributed by atoms with van der Waals surface area (Å²) in [5.74, 6) is 0. The van der Waals surface area contributed by atoms with Crippen LogP contribution in [0.4, 0.5) is 0 Å². The van der Waals surface area contributed by atoms with E-state index in [9.17, 15) is 8.42 Å². The molecule has 1 aliphatic heterocycles. The van der Waals surface area contributed by atoms with Crippen LogP contribution >= 0.6 is 0 Å². The first kappa shape index (κ1) is 21.8. The summed E-state index contributed by atoms with van der Waals surface area (Å²) >= 11 is 0. The molecule has 1 unspecified atom stereocenters. The molecule has 4 rings (SSSR count). The summed E-state index contributed by atoms with van der Waals surface area (Å²) in [5.41, 5.74) is 4.37. The Bertz CT molecular complexity index is 1110. The van der Waals surface area contributed by atoms with Crippen LogP contribution in [-0.2, 0) is 23.1 Å². The second-order valence-corrected chi connectivity index (χ2v) is 10.3. The first-order valence-electron chi connectivity index (χ1n) is 10.8. The zero-order chi connectivity index (χ0) is 21.8. The highest BCUT2D eigenvalue weighted by Crippen LogP contribution is 2.28. The van der Waals surface area contributed by atoms with E-state index in [4.69, 9.17) is 0 Å². The SMILES string of the molecule is Cc1ccc(S(=O)(=O)N(Cc2ccccc2)C2CCN(Cc3ccccc3)C2)cc1C. The lowest BCUT2D eigenvalue weighted by Crippen LogP contribution is -2.41. The maximum atomic E-state index is 13.8. The van der Waals surface area contributed by atoms with Crippen LogP contribution in [0, 0.1) is 13.8 Å². The van der Waals surface area contributed by atoms with Gasteiger partial charge in [0.2, 0.25) is 10.0 Å². The number of likely N-dealkylation sites (tertiary alicyclic amines) is 1. The van der Waals surface area contributed by atoms with Crippen LogP contribution in [0.5, 0.6) is 0 Å². The Hall–Kier alpha value is -2.47. The molecule has 0 aliphatic carbocycles. The van der Waals surface area contributed by atoms with Gasteiger partial charge in [0.25, 0.3) is 0 Å². The molecule has 1 aliphatic rings. The zero-order valence-corrected chi connectivity index (χ0v) is 19.1. The van der Waals surface area contributed by atoms with Crippen LogP contribution in [0.25, 0.3) is 0 Å². The minimum atomic E-state index is -3.61. The van der Waals surface area contributed by atoms with Crippen LogP contribution in [0.15, 0.2) is 83.8 Å². The summed E-state index contributed by atoms with van der Waals surface area (Å²) in [6, 6.07) is 25.7. The third-order valence-electron chi connectivity index (χ3n) is 6.17. The molecule has 0 spiro atoms. The zero-order valence-electron chi connectivity index (χ0n) is 18.2. The molecule has 1 fully saturated rings. The molecule has 0 saturated carbocycles. The predicted molar refractivity (Wildman–Crippen MR) is 125 cm³/mol. The van der Waals surface area contributed by atoms with Crippen molar-refractivity contribution in [3.63, 3.8) is 0 Å². The highest BCUT2D eigenvalue weighted by Gasteiger charge is 2.36. The first-order chi connectivity index (χ1) is 14.9. The van der Waals surface area contributed by atoms with Crippen molar-refractivity contribution in [3.8, 4) is 0 Å². The van der Waals surface area contributed by atoms with Crippen LogP contribution in [-0.4, -0.2) is 36.8 Å². The molecule has 1 heterocycles. The molecular weight excluding hydrogens is 404 g/mol. The highest BCUT2D eigenvalue weighted by atomic mass is 32.2. The lowest BCUT2D eigenvalue weighted by atomic mass is 10.1. The van der Waals surface area contributed by atoms with E-state index in [2.05, 4.69) is 29.2 Å². The summed E-state index contributed by atoms with van der Waals surface area (Å²) in [6.07, 6.45) is 0.837. The van der Waals surface area contributed by atoms with E-state index >= 15 is 0 Å². The fourth-order valence-corrected chi connectivity index (χ4v) is 5.94. The molecule has 3 aromatic rings. The quantitative estimate of drug-likeness (QED) is 0.538. The van der Waals surface area contributed by atoms with Gasteiger partial charge in [0.15, 0.2) is 0 Å². The van der Waals surface area contributed by atoms with Gasteiger partial charge in [0.05, 0.1) is 4.90 Å². The topological polar surface area (TPSA) is 40.6 Å². The standard InChI is InChI=1S/C26H30N2O2S/c1-21-13-14-26(17-22(21)2)31(29,30)28(19-24-11-7-4-8-12-24)25-15-16-27(20-25)18-23-9-5-3-6-10-23/h3-14,17,25H,15-16,18-20H2,1-2H3. The average molecular weight is 435 g/mol. The number of hydrogen-bond donors (Lipinski definition) is 0. The van der Waals surface area contributed by atoms with E-state index in [0.717, 1.165) is 42.7 Å². The summed E-state index contributed by atoms with van der Waals surface area (Å²) in [4.78, 5) is 2.74. The average Bonchev–Trinajstić information content (AvgIpc) is 3.23. The smallest absolute Gasteiger partial charge is 0.243 e. The van der Waals surface area contributed by atoms with Crippen LogP contribution < -0.4 is 0 Å². The Morgan fingerprint density at radius 1 is 0.871 bits per heavy atom. The number of hydrogen-bond acceptors (Lipinski definition) is 3. The van der Waals surface area contributed by atoms with Gasteiger partial charge < -0.3 is 0 Å². The second-order valence-electron chi connectivity index (χ2n) is 8.45. The van der Waals surface area contributed by atoms with Crippen molar-refractivity contribution in [2.75, 3.05) is 13.1 Å². The first-order valence-corrected chi connectivity index (χ1v) is 12.3. The van der Waals surface area contributed by atoms with Crippen LogP contribution in [0.3, 0.4) is 0 Å². The third kappa shape index (κ3) is 5.06. The molecule has 0 amide bonds. The van der Waals surface area contributed by atoms with Gasteiger partial charge in [-0.25, -0.2) is 8.42 Å². The predicted octanol–water partition coefficient (Wildman–Crippen LogP) is 4.77. The summed E-state index contributed by atoms with van der Waals surface area (Å²) in [5, 5.41) is 0. The number of benzene rings is 3. The second kappa shape index (κ2) is 9.35. The summed E-state index contributed by atoms with van der Waals surface area (Å²) in [6.45, 7) is 6.85. The van der Waals surface area contributed by atoms with E-state index < -0.39 is 10.0 Å². The third-order valence-corrected chi connectivity index (χ3v) is 8.06. The molecule has 0 radical (unpaired) electrons. The molecule has 0 N–H and O–H groups in total. The summed E-state index contributed by atoms with van der Waals surface area (Å²) < 4.78 is 29.2. The maximum Gasteiger partial charge on any atom is 0.243 e. The van der Waals surface area contributed by atoms with Crippen molar-refractivity contribution < 1.29 is 8.42 Å². The summed E-state index contributed by atoms with van der Waals surface area (Å²) in [7, 11) is -3.61. The van der Waals surface area contributed by atoms with Gasteiger partial charge in [0.1, 0.15) is 0 Å². The fourth-order valence-electron chi connectivity index (χ4n) is 4.22. The Kier molecular flexibility index (Phi) is 6.56. The molecule has 0 bridgehead atoms. The van der Waals surface area contributed by atoms with Crippen molar-refractivity contribution in [2.24, 2.45) is 0 Å². The van der Waals surface area contributed by atoms with Gasteiger partial charge in [-0.1, -0.05) is 66.7 Å². The van der Waals surface area contributed by atoms with Crippen molar-refractivity contribution in [1.82, 2.24) is 9.21 Å². The molecule has 0 aromatic heterocycles. The van der Waals surface area contributed by atoms with E-state index in [0.29, 0.717) is 11.4 Å². The molecule has 1 atom stereocenters. The van der Waals surface area contributed by atoms with Crippen molar-refractivity contribution in [1.29, 1.82) is 0 Å². The molecule has 3 aromatic carbocycles. The van der Waals surface area contributed by atoms with E-state index in [1.807, 2.05) is 56.3 Å². The molecule has 162 valence electrons. The van der Waals surface area contributed by atoms with Crippen molar-refractivity contribution in [2.45, 2.75) is 44.3 Å². The van der Waals surface area contributed by atoms with Crippen molar-refractivity contribution >= 4 is 10.0 Å². The van der Waals surface area contributed by atoms with Crippen LogP contribution in [0.2, 0.25) is 0 Å².